The molecule has 0 radical (unpaired) electrons. The molecule has 0 saturated carbocycles. The molecular formula is C16H15N3. The van der Waals surface area contributed by atoms with E-state index >= 15 is 0 Å². The topological polar surface area (TPSA) is 30.7 Å². The minimum atomic E-state index is 0.922. The average molecular weight is 249 g/mol. The van der Waals surface area contributed by atoms with Gasteiger partial charge in [0.1, 0.15) is 5.82 Å². The molecule has 0 N–H and O–H groups in total. The molecule has 0 spiro atoms. The van der Waals surface area contributed by atoms with Crippen LogP contribution in [0.2, 0.25) is 0 Å². The molecule has 0 bridgehead atoms. The molecule has 3 heteroatoms. The number of para-hydroxylation sites is 1. The molecule has 2 heterocycles. The predicted molar refractivity (Wildman–Crippen MR) is 76.3 cm³/mol. The van der Waals surface area contributed by atoms with Gasteiger partial charge < -0.3 is 0 Å². The fourth-order valence-corrected chi connectivity index (χ4v) is 2.38. The summed E-state index contributed by atoms with van der Waals surface area (Å²) in [4.78, 5) is 8.63. The third-order valence-corrected chi connectivity index (χ3v) is 3.24. The minimum Gasteiger partial charge on any atom is -0.299 e. The molecule has 0 unspecified atom stereocenters. The zero-order chi connectivity index (χ0) is 13.2. The van der Waals surface area contributed by atoms with Gasteiger partial charge in [0.05, 0.1) is 5.69 Å². The second-order valence-corrected chi connectivity index (χ2v) is 4.60. The third kappa shape index (κ3) is 2.03. The fraction of sp³-hybridized carbons (Fsp3) is 0.125. The number of hydrogen-bond acceptors (Lipinski definition) is 2. The summed E-state index contributed by atoms with van der Waals surface area (Å²) >= 11 is 0. The Labute approximate surface area is 112 Å². The molecule has 0 aliphatic carbocycles. The van der Waals surface area contributed by atoms with Crippen LogP contribution < -0.4 is 0 Å². The van der Waals surface area contributed by atoms with Crippen LogP contribution >= 0.6 is 0 Å². The monoisotopic (exact) mass is 249 g/mol. The van der Waals surface area contributed by atoms with E-state index in [0.29, 0.717) is 0 Å². The molecule has 0 amide bonds. The lowest BCUT2D eigenvalue weighted by Gasteiger charge is -2.13. The summed E-state index contributed by atoms with van der Waals surface area (Å²) in [5.74, 6) is 0.922. The van der Waals surface area contributed by atoms with Gasteiger partial charge in [0.15, 0.2) is 0 Å². The van der Waals surface area contributed by atoms with Crippen molar-refractivity contribution >= 4 is 0 Å². The second kappa shape index (κ2) is 4.69. The molecule has 3 nitrogen and oxygen atoms in total. The van der Waals surface area contributed by atoms with Crippen molar-refractivity contribution in [2.75, 3.05) is 0 Å². The summed E-state index contributed by atoms with van der Waals surface area (Å²) < 4.78 is 2.13. The summed E-state index contributed by atoms with van der Waals surface area (Å²) in [5, 5.41) is 0. The first-order valence-electron chi connectivity index (χ1n) is 6.27. The van der Waals surface area contributed by atoms with E-state index in [1.807, 2.05) is 30.7 Å². The first-order chi connectivity index (χ1) is 9.27. The smallest absolute Gasteiger partial charge is 0.146 e. The Morgan fingerprint density at radius 1 is 0.947 bits per heavy atom. The van der Waals surface area contributed by atoms with Crippen LogP contribution in [0.1, 0.15) is 11.1 Å². The molecule has 3 rings (SSSR count). The van der Waals surface area contributed by atoms with Crippen molar-refractivity contribution in [3.05, 3.63) is 66.2 Å². The van der Waals surface area contributed by atoms with Gasteiger partial charge in [-0.05, 0) is 37.1 Å². The molecule has 19 heavy (non-hydrogen) atoms. The first-order valence-corrected chi connectivity index (χ1v) is 6.27. The van der Waals surface area contributed by atoms with Crippen LogP contribution in [-0.2, 0) is 0 Å². The summed E-state index contributed by atoms with van der Waals surface area (Å²) in [6.07, 6.45) is 7.44. The van der Waals surface area contributed by atoms with E-state index < -0.39 is 0 Å². The number of imidazole rings is 1. The van der Waals surface area contributed by atoms with Crippen LogP contribution in [0.15, 0.2) is 55.1 Å². The van der Waals surface area contributed by atoms with Gasteiger partial charge in [-0.25, -0.2) is 4.98 Å². The van der Waals surface area contributed by atoms with Gasteiger partial charge in [0.25, 0.3) is 0 Å². The van der Waals surface area contributed by atoms with E-state index in [9.17, 15) is 0 Å². The number of aryl methyl sites for hydroxylation is 2. The maximum atomic E-state index is 4.47. The molecule has 0 atom stereocenters. The highest BCUT2D eigenvalue weighted by atomic mass is 15.1. The highest BCUT2D eigenvalue weighted by molar-refractivity contribution is 5.60. The second-order valence-electron chi connectivity index (χ2n) is 4.60. The van der Waals surface area contributed by atoms with Crippen LogP contribution in [0.3, 0.4) is 0 Å². The van der Waals surface area contributed by atoms with Gasteiger partial charge in [-0.3, -0.25) is 9.55 Å². The van der Waals surface area contributed by atoms with E-state index in [1.165, 1.54) is 16.8 Å². The first kappa shape index (κ1) is 11.7. The summed E-state index contributed by atoms with van der Waals surface area (Å²) in [6.45, 7) is 4.24. The Morgan fingerprint density at radius 3 is 2.42 bits per heavy atom. The fourth-order valence-electron chi connectivity index (χ4n) is 2.38. The van der Waals surface area contributed by atoms with Crippen molar-refractivity contribution in [3.63, 3.8) is 0 Å². The van der Waals surface area contributed by atoms with Crippen molar-refractivity contribution < 1.29 is 0 Å². The quantitative estimate of drug-likeness (QED) is 0.695. The summed E-state index contributed by atoms with van der Waals surface area (Å²) in [7, 11) is 0. The largest absolute Gasteiger partial charge is 0.299 e. The van der Waals surface area contributed by atoms with Gasteiger partial charge in [-0.15, -0.1) is 0 Å². The molecule has 0 saturated heterocycles. The normalized spacial score (nSPS) is 10.6. The molecule has 3 aromatic rings. The molecule has 0 aliphatic heterocycles. The lowest BCUT2D eigenvalue weighted by atomic mass is 10.1. The Kier molecular flexibility index (Phi) is 2.88. The van der Waals surface area contributed by atoms with E-state index in [1.54, 1.807) is 6.20 Å². The van der Waals surface area contributed by atoms with Crippen LogP contribution in [0.4, 0.5) is 0 Å². The number of hydrogen-bond donors (Lipinski definition) is 0. The average Bonchev–Trinajstić information content (AvgIpc) is 2.89. The lowest BCUT2D eigenvalue weighted by molar-refractivity contribution is 1.03. The van der Waals surface area contributed by atoms with Gasteiger partial charge in [0, 0.05) is 30.4 Å². The highest BCUT2D eigenvalue weighted by Gasteiger charge is 2.11. The number of rotatable bonds is 2. The number of benzene rings is 1. The summed E-state index contributed by atoms with van der Waals surface area (Å²) in [5.41, 5.74) is 4.69. The van der Waals surface area contributed by atoms with E-state index in [4.69, 9.17) is 0 Å². The van der Waals surface area contributed by atoms with E-state index in [0.717, 1.165) is 11.4 Å². The van der Waals surface area contributed by atoms with Crippen LogP contribution in [0.5, 0.6) is 0 Å². The Bertz CT molecular complexity index is 679. The summed E-state index contributed by atoms with van der Waals surface area (Å²) in [6, 6.07) is 10.3. The van der Waals surface area contributed by atoms with Crippen LogP contribution in [-0.4, -0.2) is 14.5 Å². The zero-order valence-electron chi connectivity index (χ0n) is 11.0. The maximum absolute atomic E-state index is 4.47. The third-order valence-electron chi connectivity index (χ3n) is 3.24. The Hall–Kier alpha value is -2.42. The molecular weight excluding hydrogens is 234 g/mol. The lowest BCUT2D eigenvalue weighted by Crippen LogP contribution is -2.01. The predicted octanol–water partition coefficient (Wildman–Crippen LogP) is 3.55. The Morgan fingerprint density at radius 2 is 1.74 bits per heavy atom. The molecule has 2 aromatic heterocycles. The van der Waals surface area contributed by atoms with Crippen molar-refractivity contribution in [1.29, 1.82) is 0 Å². The maximum Gasteiger partial charge on any atom is 0.146 e. The van der Waals surface area contributed by atoms with Crippen molar-refractivity contribution in [3.8, 4) is 17.1 Å². The van der Waals surface area contributed by atoms with Crippen LogP contribution in [0.25, 0.3) is 17.1 Å². The van der Waals surface area contributed by atoms with Crippen molar-refractivity contribution in [1.82, 2.24) is 14.5 Å². The number of pyridine rings is 1. The van der Waals surface area contributed by atoms with E-state index in [-0.39, 0.29) is 0 Å². The van der Waals surface area contributed by atoms with Gasteiger partial charge >= 0.3 is 0 Å². The van der Waals surface area contributed by atoms with E-state index in [2.05, 4.69) is 46.6 Å². The standard InChI is InChI=1S/C16H15N3/c1-12-5-3-6-13(2)15(12)19-10-9-18-16(19)14-7-4-8-17-11-14/h3-11H,1-2H3. The van der Waals surface area contributed by atoms with Gasteiger partial charge in [-0.2, -0.15) is 0 Å². The van der Waals surface area contributed by atoms with Crippen molar-refractivity contribution in [2.24, 2.45) is 0 Å². The molecule has 1 aromatic carbocycles. The highest BCUT2D eigenvalue weighted by Crippen LogP contribution is 2.25. The SMILES string of the molecule is Cc1cccc(C)c1-n1ccnc1-c1cccnc1. The Balaban J connectivity index is 2.21. The molecule has 0 aliphatic rings. The van der Waals surface area contributed by atoms with Gasteiger partial charge in [-0.1, -0.05) is 18.2 Å². The molecule has 0 fully saturated rings. The van der Waals surface area contributed by atoms with Crippen LogP contribution in [0, 0.1) is 13.8 Å². The van der Waals surface area contributed by atoms with Gasteiger partial charge in [0.2, 0.25) is 0 Å². The van der Waals surface area contributed by atoms with Crippen molar-refractivity contribution in [2.45, 2.75) is 13.8 Å². The number of nitrogens with zero attached hydrogens (tertiary/aromatic N) is 3. The minimum absolute atomic E-state index is 0.922. The zero-order valence-corrected chi connectivity index (χ0v) is 11.0. The molecule has 94 valence electrons. The number of aromatic nitrogens is 3.